The number of hydrogen-bond donors (Lipinski definition) is 0. The minimum absolute atomic E-state index is 0.608. The van der Waals surface area contributed by atoms with Crippen LogP contribution in [0.1, 0.15) is 27.9 Å². The van der Waals surface area contributed by atoms with Gasteiger partial charge >= 0.3 is 0 Å². The molecule has 2 aliphatic rings. The van der Waals surface area contributed by atoms with E-state index in [0.717, 1.165) is 62.8 Å². The lowest BCUT2D eigenvalue weighted by Gasteiger charge is -2.32. The summed E-state index contributed by atoms with van der Waals surface area (Å²) in [5, 5.41) is 0.608. The number of anilines is 1. The summed E-state index contributed by atoms with van der Waals surface area (Å²) in [6.45, 7) is 4.53. The van der Waals surface area contributed by atoms with Crippen molar-refractivity contribution >= 4 is 17.5 Å². The maximum atomic E-state index is 6.63. The van der Waals surface area contributed by atoms with E-state index in [1.807, 2.05) is 0 Å². The van der Waals surface area contributed by atoms with Crippen molar-refractivity contribution in [2.24, 2.45) is 0 Å². The Morgan fingerprint density at radius 3 is 2.46 bits per heavy atom. The standard InChI is InChI=1S/C23H23ClN4/c24-22-20-16-27(14-17-6-2-1-3-7-17)12-11-21(20)25-23(26-22)28-13-10-18-8-4-5-9-19(18)15-28/h1-9H,10-16H2. The van der Waals surface area contributed by atoms with Crippen LogP contribution in [0.4, 0.5) is 5.95 Å². The zero-order valence-electron chi connectivity index (χ0n) is 15.8. The fourth-order valence-corrected chi connectivity index (χ4v) is 4.45. The molecule has 4 nitrogen and oxygen atoms in total. The predicted molar refractivity (Wildman–Crippen MR) is 112 cm³/mol. The van der Waals surface area contributed by atoms with E-state index in [2.05, 4.69) is 69.4 Å². The van der Waals surface area contributed by atoms with Crippen molar-refractivity contribution in [2.45, 2.75) is 32.5 Å². The van der Waals surface area contributed by atoms with Crippen LogP contribution in [-0.4, -0.2) is 28.0 Å². The van der Waals surface area contributed by atoms with E-state index >= 15 is 0 Å². The summed E-state index contributed by atoms with van der Waals surface area (Å²) in [7, 11) is 0. The first-order valence-corrected chi connectivity index (χ1v) is 10.3. The molecule has 2 aliphatic heterocycles. The number of aromatic nitrogens is 2. The van der Waals surface area contributed by atoms with Gasteiger partial charge in [0, 0.05) is 44.7 Å². The highest BCUT2D eigenvalue weighted by molar-refractivity contribution is 6.30. The second-order valence-corrected chi connectivity index (χ2v) is 7.98. The van der Waals surface area contributed by atoms with Crippen molar-refractivity contribution < 1.29 is 0 Å². The number of fused-ring (bicyclic) bond motifs is 2. The summed E-state index contributed by atoms with van der Waals surface area (Å²) in [5.74, 6) is 0.773. The minimum Gasteiger partial charge on any atom is -0.336 e. The molecule has 0 saturated carbocycles. The molecule has 3 heterocycles. The first kappa shape index (κ1) is 17.7. The Hall–Kier alpha value is -2.43. The molecule has 0 bridgehead atoms. The Morgan fingerprint density at radius 1 is 0.821 bits per heavy atom. The van der Waals surface area contributed by atoms with Crippen LogP contribution in [0.3, 0.4) is 0 Å². The molecular formula is C23H23ClN4. The zero-order valence-corrected chi connectivity index (χ0v) is 16.6. The third kappa shape index (κ3) is 3.50. The number of halogens is 1. The van der Waals surface area contributed by atoms with Crippen LogP contribution in [0.15, 0.2) is 54.6 Å². The van der Waals surface area contributed by atoms with Crippen molar-refractivity contribution in [3.63, 3.8) is 0 Å². The number of hydrogen-bond acceptors (Lipinski definition) is 4. The fraction of sp³-hybridized carbons (Fsp3) is 0.304. The predicted octanol–water partition coefficient (Wildman–Crippen LogP) is 4.25. The highest BCUT2D eigenvalue weighted by atomic mass is 35.5. The van der Waals surface area contributed by atoms with E-state index in [-0.39, 0.29) is 0 Å². The summed E-state index contributed by atoms with van der Waals surface area (Å²) < 4.78 is 0. The normalized spacial score (nSPS) is 16.5. The van der Waals surface area contributed by atoms with E-state index < -0.39 is 0 Å². The maximum absolute atomic E-state index is 6.63. The zero-order chi connectivity index (χ0) is 18.9. The molecule has 1 aromatic heterocycles. The van der Waals surface area contributed by atoms with Crippen LogP contribution in [0.2, 0.25) is 5.15 Å². The number of nitrogens with zero attached hydrogens (tertiary/aromatic N) is 4. The van der Waals surface area contributed by atoms with E-state index in [1.54, 1.807) is 0 Å². The molecule has 0 amide bonds. The molecule has 2 aromatic carbocycles. The second kappa shape index (κ2) is 7.53. The SMILES string of the molecule is Clc1nc(N2CCc3ccccc3C2)nc2c1CN(Cc1ccccc1)CC2. The number of benzene rings is 2. The lowest BCUT2D eigenvalue weighted by Crippen LogP contribution is -2.34. The van der Waals surface area contributed by atoms with Crippen molar-refractivity contribution in [1.29, 1.82) is 0 Å². The molecule has 0 atom stereocenters. The summed E-state index contributed by atoms with van der Waals surface area (Å²) >= 11 is 6.63. The summed E-state index contributed by atoms with van der Waals surface area (Å²) in [5.41, 5.74) is 6.31. The van der Waals surface area contributed by atoms with Crippen LogP contribution in [-0.2, 0) is 32.5 Å². The number of rotatable bonds is 3. The summed E-state index contributed by atoms with van der Waals surface area (Å²) in [6, 6.07) is 19.2. The molecule has 28 heavy (non-hydrogen) atoms. The van der Waals surface area contributed by atoms with Crippen LogP contribution >= 0.6 is 11.6 Å². The molecule has 0 unspecified atom stereocenters. The Morgan fingerprint density at radius 2 is 1.61 bits per heavy atom. The summed E-state index contributed by atoms with van der Waals surface area (Å²) in [4.78, 5) is 14.3. The molecular weight excluding hydrogens is 368 g/mol. The van der Waals surface area contributed by atoms with Crippen molar-refractivity contribution in [3.05, 3.63) is 87.7 Å². The molecule has 0 N–H and O–H groups in total. The molecule has 142 valence electrons. The Balaban J connectivity index is 1.35. The minimum atomic E-state index is 0.608. The maximum Gasteiger partial charge on any atom is 0.227 e. The van der Waals surface area contributed by atoms with Gasteiger partial charge in [-0.05, 0) is 23.1 Å². The monoisotopic (exact) mass is 390 g/mol. The lowest BCUT2D eigenvalue weighted by molar-refractivity contribution is 0.243. The quantitative estimate of drug-likeness (QED) is 0.626. The van der Waals surface area contributed by atoms with Gasteiger partial charge in [-0.15, -0.1) is 0 Å². The average Bonchev–Trinajstić information content (AvgIpc) is 2.74. The van der Waals surface area contributed by atoms with Gasteiger partial charge in [0.2, 0.25) is 5.95 Å². The highest BCUT2D eigenvalue weighted by Gasteiger charge is 2.25. The van der Waals surface area contributed by atoms with Gasteiger partial charge in [-0.25, -0.2) is 9.97 Å². The van der Waals surface area contributed by atoms with Crippen LogP contribution < -0.4 is 4.90 Å². The molecule has 0 fully saturated rings. The van der Waals surface area contributed by atoms with E-state index in [1.165, 1.54) is 16.7 Å². The average molecular weight is 391 g/mol. The topological polar surface area (TPSA) is 32.3 Å². The second-order valence-electron chi connectivity index (χ2n) is 7.63. The van der Waals surface area contributed by atoms with E-state index in [0.29, 0.717) is 5.15 Å². The molecule has 0 saturated heterocycles. The molecule has 5 rings (SSSR count). The molecule has 0 spiro atoms. The first-order valence-electron chi connectivity index (χ1n) is 9.89. The Kier molecular flexibility index (Phi) is 4.75. The fourth-order valence-electron chi connectivity index (χ4n) is 4.20. The van der Waals surface area contributed by atoms with Gasteiger partial charge < -0.3 is 4.90 Å². The molecule has 3 aromatic rings. The summed E-state index contributed by atoms with van der Waals surface area (Å²) in [6.07, 6.45) is 1.95. The third-order valence-electron chi connectivity index (χ3n) is 5.74. The largest absolute Gasteiger partial charge is 0.336 e. The van der Waals surface area contributed by atoms with Gasteiger partial charge in [-0.3, -0.25) is 4.90 Å². The first-order chi connectivity index (χ1) is 13.8. The Bertz CT molecular complexity index is 989. The molecule has 5 heteroatoms. The molecule has 0 aliphatic carbocycles. The van der Waals surface area contributed by atoms with Crippen LogP contribution in [0, 0.1) is 0 Å². The van der Waals surface area contributed by atoms with E-state index in [4.69, 9.17) is 16.6 Å². The lowest BCUT2D eigenvalue weighted by atomic mass is 10.0. The van der Waals surface area contributed by atoms with Crippen molar-refractivity contribution in [1.82, 2.24) is 14.9 Å². The van der Waals surface area contributed by atoms with Gasteiger partial charge in [0.25, 0.3) is 0 Å². The highest BCUT2D eigenvalue weighted by Crippen LogP contribution is 2.29. The van der Waals surface area contributed by atoms with Gasteiger partial charge in [0.15, 0.2) is 0 Å². The smallest absolute Gasteiger partial charge is 0.227 e. The van der Waals surface area contributed by atoms with Gasteiger partial charge in [0.05, 0.1) is 5.69 Å². The van der Waals surface area contributed by atoms with Crippen molar-refractivity contribution in [2.75, 3.05) is 18.0 Å². The van der Waals surface area contributed by atoms with Crippen LogP contribution in [0.5, 0.6) is 0 Å². The van der Waals surface area contributed by atoms with Gasteiger partial charge in [0.1, 0.15) is 5.15 Å². The third-order valence-corrected chi connectivity index (χ3v) is 6.05. The van der Waals surface area contributed by atoms with Crippen molar-refractivity contribution in [3.8, 4) is 0 Å². The van der Waals surface area contributed by atoms with Gasteiger partial charge in [-0.2, -0.15) is 0 Å². The van der Waals surface area contributed by atoms with Gasteiger partial charge in [-0.1, -0.05) is 66.2 Å². The van der Waals surface area contributed by atoms with Crippen LogP contribution in [0.25, 0.3) is 0 Å². The van der Waals surface area contributed by atoms with E-state index in [9.17, 15) is 0 Å². The molecule has 0 radical (unpaired) electrons. The Labute approximate surface area is 170 Å².